The second kappa shape index (κ2) is 11.3. The lowest BCUT2D eigenvalue weighted by Crippen LogP contribution is -2.51. The number of aryl methyl sites for hydroxylation is 1. The Kier molecular flexibility index (Phi) is 7.91. The molecule has 1 aromatic carbocycles. The van der Waals surface area contributed by atoms with Crippen molar-refractivity contribution in [2.75, 3.05) is 6.61 Å². The van der Waals surface area contributed by atoms with Gasteiger partial charge in [-0.25, -0.2) is 14.4 Å². The molecule has 4 atom stereocenters. The van der Waals surface area contributed by atoms with Gasteiger partial charge in [0.15, 0.2) is 0 Å². The van der Waals surface area contributed by atoms with Gasteiger partial charge in [-0.15, -0.1) is 0 Å². The molecule has 0 radical (unpaired) electrons. The summed E-state index contributed by atoms with van der Waals surface area (Å²) in [4.78, 5) is 36.7. The summed E-state index contributed by atoms with van der Waals surface area (Å²) >= 11 is 0. The minimum atomic E-state index is -4.58. The van der Waals surface area contributed by atoms with Crippen LogP contribution in [-0.2, 0) is 11.0 Å². The number of hydrogen-bond donors (Lipinski definition) is 4. The second-order valence-electron chi connectivity index (χ2n) is 10.8. The van der Waals surface area contributed by atoms with Gasteiger partial charge in [0.2, 0.25) is 5.91 Å². The van der Waals surface area contributed by atoms with Crippen LogP contribution in [0.1, 0.15) is 60.6 Å². The summed E-state index contributed by atoms with van der Waals surface area (Å²) in [5.41, 5.74) is 0.507. The third-order valence-electron chi connectivity index (χ3n) is 7.55. The lowest BCUT2D eigenvalue weighted by Gasteiger charge is -2.32. The number of aromatic nitrogens is 3. The molecule has 5 rings (SSSR count). The number of nitrogens with one attached hydrogen (secondary N) is 3. The highest BCUT2D eigenvalue weighted by atomic mass is 19.4. The van der Waals surface area contributed by atoms with E-state index in [1.165, 1.54) is 19.3 Å². The Bertz CT molecular complexity index is 1450. The lowest BCUT2D eigenvalue weighted by molar-refractivity contribution is -0.137. The summed E-state index contributed by atoms with van der Waals surface area (Å²) in [5, 5.41) is 14.7. The monoisotopic (exact) mass is 577 g/mol. The number of amides is 2. The highest BCUT2D eigenvalue weighted by molar-refractivity contribution is 6.09. The maximum absolute atomic E-state index is 14.8. The molecule has 3 aromatic rings. The number of rotatable bonds is 8. The minimum absolute atomic E-state index is 0.0376. The predicted molar refractivity (Wildman–Crippen MR) is 141 cm³/mol. The number of fused-ring (bicyclic) bond motifs is 1. The molecule has 0 unspecified atom stereocenters. The van der Waals surface area contributed by atoms with Gasteiger partial charge >= 0.3 is 6.18 Å². The third-order valence-corrected chi connectivity index (χ3v) is 7.55. The molecule has 0 aliphatic heterocycles. The zero-order valence-corrected chi connectivity index (χ0v) is 22.5. The highest BCUT2D eigenvalue weighted by Gasteiger charge is 2.35. The molecule has 13 heteroatoms. The van der Waals surface area contributed by atoms with Crippen molar-refractivity contribution >= 4 is 22.8 Å². The molecule has 0 saturated heterocycles. The normalized spacial score (nSPS) is 21.9. The first-order chi connectivity index (χ1) is 19.4. The quantitative estimate of drug-likeness (QED) is 0.297. The number of aromatic amines is 1. The number of hydrogen-bond acceptors (Lipinski definition) is 6. The molecule has 0 spiro atoms. The lowest BCUT2D eigenvalue weighted by atomic mass is 9.89. The number of alkyl halides is 4. The largest absolute Gasteiger partial charge is 0.493 e. The summed E-state index contributed by atoms with van der Waals surface area (Å²) in [5.74, 6) is -0.563. The van der Waals surface area contributed by atoms with Gasteiger partial charge in [0.05, 0.1) is 29.3 Å². The standard InChI is InChI=1S/C28H31F4N5O4/c1-13-22(27(40)36-17-6-7-20(19(29)10-17)37-26(39)14(2)38)24-25(35-13)23(33-12-34-24)18-9-16(28(30,31)32)5-8-21(18)41-11-15-3-4-15/h5,8-9,12,14-15,17,19-20,35,38H,3-4,6-7,10-11H2,1-2H3,(H,36,40)(H,37,39)/t14-,17+,19+,20-/m0/s1. The number of carbonyl (C=O) groups is 2. The molecule has 2 heterocycles. The van der Waals surface area contributed by atoms with Crippen molar-refractivity contribution in [3.05, 3.63) is 41.3 Å². The second-order valence-corrected chi connectivity index (χ2v) is 10.8. The van der Waals surface area contributed by atoms with Gasteiger partial charge in [0.1, 0.15) is 35.6 Å². The van der Waals surface area contributed by atoms with Crippen molar-refractivity contribution in [1.29, 1.82) is 0 Å². The van der Waals surface area contributed by atoms with Gasteiger partial charge in [-0.05, 0) is 63.6 Å². The number of aliphatic hydroxyl groups is 1. The van der Waals surface area contributed by atoms with Gasteiger partial charge in [-0.2, -0.15) is 13.2 Å². The molecule has 0 bridgehead atoms. The van der Waals surface area contributed by atoms with E-state index < -0.39 is 47.9 Å². The van der Waals surface area contributed by atoms with E-state index >= 15 is 0 Å². The smallest absolute Gasteiger partial charge is 0.416 e. The van der Waals surface area contributed by atoms with Crippen LogP contribution in [0.3, 0.4) is 0 Å². The maximum Gasteiger partial charge on any atom is 0.416 e. The summed E-state index contributed by atoms with van der Waals surface area (Å²) in [6.45, 7) is 3.31. The number of H-pyrrole nitrogens is 1. The van der Waals surface area contributed by atoms with E-state index in [-0.39, 0.29) is 46.4 Å². The molecular weight excluding hydrogens is 546 g/mol. The first-order valence-electron chi connectivity index (χ1n) is 13.5. The number of halogens is 4. The number of nitrogens with zero attached hydrogens (tertiary/aromatic N) is 2. The van der Waals surface area contributed by atoms with E-state index in [0.29, 0.717) is 24.6 Å². The Morgan fingerprint density at radius 1 is 1.17 bits per heavy atom. The van der Waals surface area contributed by atoms with Gasteiger partial charge in [0, 0.05) is 23.7 Å². The molecule has 9 nitrogen and oxygen atoms in total. The topological polar surface area (TPSA) is 129 Å². The highest BCUT2D eigenvalue weighted by Crippen LogP contribution is 2.40. The molecule has 2 aliphatic rings. The summed E-state index contributed by atoms with van der Waals surface area (Å²) < 4.78 is 61.5. The zero-order chi connectivity index (χ0) is 29.5. The Labute approximate surface area is 233 Å². The van der Waals surface area contributed by atoms with E-state index in [2.05, 4.69) is 25.6 Å². The Morgan fingerprint density at radius 2 is 1.93 bits per heavy atom. The SMILES string of the molecule is Cc1[nH]c2c(-c3cc(C(F)(F)F)ccc3OCC3CC3)ncnc2c1C(=O)N[C@@H]1CC[C@H](NC(=O)[C@H](C)O)[C@H](F)C1. The fraction of sp³-hybridized carbons (Fsp3) is 0.500. The summed E-state index contributed by atoms with van der Waals surface area (Å²) in [7, 11) is 0. The fourth-order valence-electron chi connectivity index (χ4n) is 5.08. The number of ether oxygens (including phenoxy) is 1. The molecule has 4 N–H and O–H groups in total. The van der Waals surface area contributed by atoms with Crippen molar-refractivity contribution in [3.63, 3.8) is 0 Å². The first-order valence-corrected chi connectivity index (χ1v) is 13.5. The van der Waals surface area contributed by atoms with Crippen LogP contribution in [-0.4, -0.2) is 62.8 Å². The fourth-order valence-corrected chi connectivity index (χ4v) is 5.08. The Balaban J connectivity index is 1.41. The van der Waals surface area contributed by atoms with Gasteiger partial charge in [-0.3, -0.25) is 9.59 Å². The van der Waals surface area contributed by atoms with Crippen molar-refractivity contribution in [2.45, 2.75) is 76.5 Å². The van der Waals surface area contributed by atoms with E-state index in [1.807, 2.05) is 0 Å². The van der Waals surface area contributed by atoms with Crippen LogP contribution in [0.2, 0.25) is 0 Å². The van der Waals surface area contributed by atoms with Crippen molar-refractivity contribution < 1.29 is 37.0 Å². The van der Waals surface area contributed by atoms with E-state index in [4.69, 9.17) is 4.74 Å². The summed E-state index contributed by atoms with van der Waals surface area (Å²) in [6, 6.07) is 1.94. The van der Waals surface area contributed by atoms with Crippen LogP contribution in [0.5, 0.6) is 5.75 Å². The average molecular weight is 578 g/mol. The van der Waals surface area contributed by atoms with Crippen LogP contribution < -0.4 is 15.4 Å². The van der Waals surface area contributed by atoms with Gasteiger partial charge < -0.3 is 25.5 Å². The van der Waals surface area contributed by atoms with E-state index in [9.17, 15) is 32.3 Å². The maximum atomic E-state index is 14.8. The van der Waals surface area contributed by atoms with Crippen molar-refractivity contribution in [3.8, 4) is 17.0 Å². The van der Waals surface area contributed by atoms with Crippen LogP contribution in [0.25, 0.3) is 22.3 Å². The van der Waals surface area contributed by atoms with Crippen LogP contribution in [0, 0.1) is 12.8 Å². The van der Waals surface area contributed by atoms with Crippen molar-refractivity contribution in [2.24, 2.45) is 5.92 Å². The van der Waals surface area contributed by atoms with Crippen LogP contribution >= 0.6 is 0 Å². The molecule has 2 amide bonds. The molecule has 2 aromatic heterocycles. The zero-order valence-electron chi connectivity index (χ0n) is 22.5. The molecule has 2 saturated carbocycles. The molecule has 41 heavy (non-hydrogen) atoms. The molecule has 220 valence electrons. The molecule has 2 fully saturated rings. The predicted octanol–water partition coefficient (Wildman–Crippen LogP) is 4.23. The number of carbonyl (C=O) groups excluding carboxylic acids is 2. The number of aliphatic hydroxyl groups excluding tert-OH is 1. The number of benzene rings is 1. The van der Waals surface area contributed by atoms with E-state index in [1.54, 1.807) is 6.92 Å². The molecule has 2 aliphatic carbocycles. The van der Waals surface area contributed by atoms with Crippen LogP contribution in [0.4, 0.5) is 17.6 Å². The van der Waals surface area contributed by atoms with Crippen molar-refractivity contribution in [1.82, 2.24) is 25.6 Å². The average Bonchev–Trinajstić information content (AvgIpc) is 3.67. The van der Waals surface area contributed by atoms with Crippen LogP contribution in [0.15, 0.2) is 24.5 Å². The Morgan fingerprint density at radius 3 is 2.59 bits per heavy atom. The first kappa shape index (κ1) is 28.8. The third kappa shape index (κ3) is 6.29. The van der Waals surface area contributed by atoms with E-state index in [0.717, 1.165) is 25.0 Å². The summed E-state index contributed by atoms with van der Waals surface area (Å²) in [6.07, 6.45) is -3.46. The molecular formula is C28H31F4N5O4. The van der Waals surface area contributed by atoms with Gasteiger partial charge in [0.25, 0.3) is 5.91 Å². The van der Waals surface area contributed by atoms with Gasteiger partial charge in [-0.1, -0.05) is 0 Å². The minimum Gasteiger partial charge on any atom is -0.493 e. The Hall–Kier alpha value is -3.74.